The number of carbonyl (C=O) groups excluding carboxylic acids is 1. The molecular formula is C23H30N2O5S. The Morgan fingerprint density at radius 3 is 2.45 bits per heavy atom. The molecule has 7 nitrogen and oxygen atoms in total. The minimum absolute atomic E-state index is 0.0193. The van der Waals surface area contributed by atoms with E-state index in [1.54, 1.807) is 45.2 Å². The second-order valence-corrected chi connectivity index (χ2v) is 10.3. The summed E-state index contributed by atoms with van der Waals surface area (Å²) >= 11 is 0. The van der Waals surface area contributed by atoms with Crippen LogP contribution in [0.15, 0.2) is 42.5 Å². The van der Waals surface area contributed by atoms with E-state index in [0.29, 0.717) is 30.0 Å². The predicted octanol–water partition coefficient (Wildman–Crippen LogP) is 3.90. The molecule has 2 aromatic carbocycles. The summed E-state index contributed by atoms with van der Waals surface area (Å²) < 4.78 is 37.3. The van der Waals surface area contributed by atoms with Crippen LogP contribution in [-0.2, 0) is 10.0 Å². The largest absolute Gasteiger partial charge is 0.497 e. The van der Waals surface area contributed by atoms with E-state index in [0.717, 1.165) is 11.3 Å². The molecular weight excluding hydrogens is 416 g/mol. The number of carbonyl (C=O) groups is 1. The van der Waals surface area contributed by atoms with E-state index in [4.69, 9.17) is 9.47 Å². The highest BCUT2D eigenvalue weighted by molar-refractivity contribution is 7.92. The zero-order chi connectivity index (χ0) is 22.8. The summed E-state index contributed by atoms with van der Waals surface area (Å²) in [6.07, 6.45) is 0.606. The van der Waals surface area contributed by atoms with E-state index in [9.17, 15) is 13.2 Å². The van der Waals surface area contributed by atoms with Crippen LogP contribution in [0.3, 0.4) is 0 Å². The molecule has 0 saturated heterocycles. The standard InChI is InChI=1S/C23H30N2O5S/c1-6-25(31(27,28)7-2)17-10-8-16(9-11-17)22(26)24-20-15-23(3,4)30-21-13-12-18(29-5)14-19(20)21/h8-14,20H,6-7,15H2,1-5H3,(H,24,26). The van der Waals surface area contributed by atoms with Crippen molar-refractivity contribution in [3.8, 4) is 11.5 Å². The zero-order valence-corrected chi connectivity index (χ0v) is 19.5. The molecule has 0 aromatic heterocycles. The lowest BCUT2D eigenvalue weighted by molar-refractivity contribution is 0.0618. The van der Waals surface area contributed by atoms with Crippen LogP contribution in [0.4, 0.5) is 5.69 Å². The fourth-order valence-corrected chi connectivity index (χ4v) is 4.95. The van der Waals surface area contributed by atoms with Crippen LogP contribution in [0.25, 0.3) is 0 Å². The zero-order valence-electron chi connectivity index (χ0n) is 18.6. The van der Waals surface area contributed by atoms with Gasteiger partial charge in [-0.05, 0) is 70.2 Å². The number of nitrogens with zero attached hydrogens (tertiary/aromatic N) is 1. The summed E-state index contributed by atoms with van der Waals surface area (Å²) in [5.41, 5.74) is 1.44. The van der Waals surface area contributed by atoms with Gasteiger partial charge >= 0.3 is 0 Å². The van der Waals surface area contributed by atoms with Crippen molar-refractivity contribution in [2.45, 2.75) is 45.8 Å². The summed E-state index contributed by atoms with van der Waals surface area (Å²) in [6.45, 7) is 7.70. The molecule has 168 valence electrons. The normalized spacial score (nSPS) is 17.3. The Morgan fingerprint density at radius 1 is 1.19 bits per heavy atom. The molecule has 1 atom stereocenters. The maximum Gasteiger partial charge on any atom is 0.251 e. The number of methoxy groups -OCH3 is 1. The van der Waals surface area contributed by atoms with E-state index in [-0.39, 0.29) is 17.7 Å². The number of benzene rings is 2. The van der Waals surface area contributed by atoms with Gasteiger partial charge in [0.05, 0.1) is 24.6 Å². The van der Waals surface area contributed by atoms with Crippen molar-refractivity contribution in [2.24, 2.45) is 0 Å². The van der Waals surface area contributed by atoms with E-state index in [2.05, 4.69) is 5.32 Å². The maximum atomic E-state index is 13.0. The molecule has 0 saturated carbocycles. The summed E-state index contributed by atoms with van der Waals surface area (Å²) in [5.74, 6) is 1.21. The van der Waals surface area contributed by atoms with Gasteiger partial charge in [0.15, 0.2) is 0 Å². The molecule has 0 bridgehead atoms. The van der Waals surface area contributed by atoms with Crippen LogP contribution in [0.2, 0.25) is 0 Å². The number of sulfonamides is 1. The quantitative estimate of drug-likeness (QED) is 0.697. The predicted molar refractivity (Wildman–Crippen MR) is 121 cm³/mol. The Labute approximate surface area is 184 Å². The van der Waals surface area contributed by atoms with Crippen LogP contribution in [0.5, 0.6) is 11.5 Å². The maximum absolute atomic E-state index is 13.0. The fraction of sp³-hybridized carbons (Fsp3) is 0.435. The van der Waals surface area contributed by atoms with E-state index >= 15 is 0 Å². The highest BCUT2D eigenvalue weighted by Crippen LogP contribution is 2.41. The molecule has 0 aliphatic carbocycles. The molecule has 1 N–H and O–H groups in total. The number of nitrogens with one attached hydrogen (secondary N) is 1. The number of anilines is 1. The third kappa shape index (κ3) is 4.95. The second kappa shape index (κ2) is 8.78. The van der Waals surface area contributed by atoms with Crippen molar-refractivity contribution < 1.29 is 22.7 Å². The number of hydrogen-bond donors (Lipinski definition) is 1. The van der Waals surface area contributed by atoms with Gasteiger partial charge in [0.25, 0.3) is 5.91 Å². The van der Waals surface area contributed by atoms with Crippen LogP contribution in [0.1, 0.15) is 56.1 Å². The smallest absolute Gasteiger partial charge is 0.251 e. The van der Waals surface area contributed by atoms with Crippen LogP contribution < -0.4 is 19.1 Å². The number of fused-ring (bicyclic) bond motifs is 1. The van der Waals surface area contributed by atoms with Crippen molar-refractivity contribution in [2.75, 3.05) is 23.7 Å². The molecule has 1 aliphatic rings. The third-order valence-corrected chi connectivity index (χ3v) is 7.26. The molecule has 1 heterocycles. The van der Waals surface area contributed by atoms with Gasteiger partial charge in [0, 0.05) is 24.1 Å². The average molecular weight is 447 g/mol. The molecule has 31 heavy (non-hydrogen) atoms. The lowest BCUT2D eigenvalue weighted by atomic mass is 9.89. The van der Waals surface area contributed by atoms with E-state index in [1.807, 2.05) is 32.0 Å². The first kappa shape index (κ1) is 22.9. The van der Waals surface area contributed by atoms with Crippen molar-refractivity contribution >= 4 is 21.6 Å². The average Bonchev–Trinajstić information content (AvgIpc) is 2.73. The van der Waals surface area contributed by atoms with Gasteiger partial charge in [0.2, 0.25) is 10.0 Å². The van der Waals surface area contributed by atoms with E-state index in [1.165, 1.54) is 4.31 Å². The van der Waals surface area contributed by atoms with Gasteiger partial charge in [-0.2, -0.15) is 0 Å². The van der Waals surface area contributed by atoms with Gasteiger partial charge in [-0.15, -0.1) is 0 Å². The Bertz CT molecular complexity index is 1050. The molecule has 1 unspecified atom stereocenters. The van der Waals surface area contributed by atoms with Crippen molar-refractivity contribution in [1.29, 1.82) is 0 Å². The number of ether oxygens (including phenoxy) is 2. The summed E-state index contributed by atoms with van der Waals surface area (Å²) in [5, 5.41) is 3.10. The SMILES string of the molecule is CCN(c1ccc(C(=O)NC2CC(C)(C)Oc3ccc(OC)cc32)cc1)S(=O)(=O)CC. The first-order chi connectivity index (χ1) is 14.6. The molecule has 1 aliphatic heterocycles. The summed E-state index contributed by atoms with van der Waals surface area (Å²) in [4.78, 5) is 13.0. The van der Waals surface area contributed by atoms with Crippen LogP contribution in [-0.4, -0.2) is 39.3 Å². The molecule has 0 fully saturated rings. The van der Waals surface area contributed by atoms with Gasteiger partial charge in [-0.25, -0.2) is 8.42 Å². The summed E-state index contributed by atoms with van der Waals surface area (Å²) in [6, 6.07) is 12.0. The first-order valence-electron chi connectivity index (χ1n) is 10.4. The highest BCUT2D eigenvalue weighted by Gasteiger charge is 2.35. The summed E-state index contributed by atoms with van der Waals surface area (Å²) in [7, 11) is -1.77. The Balaban J connectivity index is 1.83. The Morgan fingerprint density at radius 2 is 1.87 bits per heavy atom. The first-order valence-corrected chi connectivity index (χ1v) is 12.0. The molecule has 2 aromatic rings. The molecule has 3 rings (SSSR count). The second-order valence-electron chi connectivity index (χ2n) is 8.11. The lowest BCUT2D eigenvalue weighted by Gasteiger charge is -2.38. The third-order valence-electron chi connectivity index (χ3n) is 5.38. The van der Waals surface area contributed by atoms with Gasteiger partial charge in [-0.3, -0.25) is 9.10 Å². The Kier molecular flexibility index (Phi) is 6.50. The van der Waals surface area contributed by atoms with Gasteiger partial charge in [-0.1, -0.05) is 0 Å². The molecule has 0 radical (unpaired) electrons. The molecule has 8 heteroatoms. The topological polar surface area (TPSA) is 84.9 Å². The number of hydrogen-bond acceptors (Lipinski definition) is 5. The van der Waals surface area contributed by atoms with Crippen molar-refractivity contribution in [1.82, 2.24) is 5.32 Å². The van der Waals surface area contributed by atoms with E-state index < -0.39 is 15.6 Å². The minimum Gasteiger partial charge on any atom is -0.497 e. The Hall–Kier alpha value is -2.74. The van der Waals surface area contributed by atoms with Crippen LogP contribution >= 0.6 is 0 Å². The minimum atomic E-state index is -3.37. The van der Waals surface area contributed by atoms with Gasteiger partial charge in [0.1, 0.15) is 17.1 Å². The van der Waals surface area contributed by atoms with Crippen molar-refractivity contribution in [3.63, 3.8) is 0 Å². The fourth-order valence-electron chi connectivity index (χ4n) is 3.80. The number of rotatable bonds is 7. The monoisotopic (exact) mass is 446 g/mol. The highest BCUT2D eigenvalue weighted by atomic mass is 32.2. The van der Waals surface area contributed by atoms with Gasteiger partial charge < -0.3 is 14.8 Å². The molecule has 1 amide bonds. The van der Waals surface area contributed by atoms with Crippen LogP contribution in [0, 0.1) is 0 Å². The van der Waals surface area contributed by atoms with Crippen molar-refractivity contribution in [3.05, 3.63) is 53.6 Å². The molecule has 0 spiro atoms. The lowest BCUT2D eigenvalue weighted by Crippen LogP contribution is -2.41. The number of amides is 1.